The summed E-state index contributed by atoms with van der Waals surface area (Å²) in [5.41, 5.74) is 0.522. The molecule has 2 aliphatic carbocycles. The zero-order valence-corrected chi connectivity index (χ0v) is 23.4. The van der Waals surface area contributed by atoms with Gasteiger partial charge in [-0.2, -0.15) is 0 Å². The molecule has 5 atom stereocenters. The predicted molar refractivity (Wildman–Crippen MR) is 142 cm³/mol. The maximum atomic E-state index is 13.1. The van der Waals surface area contributed by atoms with Gasteiger partial charge < -0.3 is 20.3 Å². The molecule has 1 aromatic heterocycles. The number of aromatic nitrogens is 1. The van der Waals surface area contributed by atoms with E-state index in [0.29, 0.717) is 32.4 Å². The number of fused-ring (bicyclic) bond motifs is 2. The van der Waals surface area contributed by atoms with E-state index in [-0.39, 0.29) is 40.8 Å². The number of ether oxygens (including phenoxy) is 1. The number of benzene rings is 1. The molecular formula is C26H37N3O6S2. The average molecular weight is 552 g/mol. The van der Waals surface area contributed by atoms with E-state index in [1.807, 2.05) is 13.8 Å². The van der Waals surface area contributed by atoms with Crippen molar-refractivity contribution in [2.24, 2.45) is 16.7 Å². The van der Waals surface area contributed by atoms with Gasteiger partial charge in [-0.3, -0.25) is 9.52 Å². The maximum absolute atomic E-state index is 13.1. The first-order chi connectivity index (χ1) is 17.4. The summed E-state index contributed by atoms with van der Waals surface area (Å²) in [6, 6.07) is 6.60. The van der Waals surface area contributed by atoms with Crippen LogP contribution in [-0.4, -0.2) is 62.5 Å². The Balaban J connectivity index is 1.71. The first kappa shape index (κ1) is 28.0. The zero-order valence-electron chi connectivity index (χ0n) is 21.8. The highest BCUT2D eigenvalue weighted by Crippen LogP contribution is 2.62. The highest BCUT2D eigenvalue weighted by Gasteiger charge is 2.59. The Labute approximate surface area is 222 Å². The Bertz CT molecular complexity index is 1230. The van der Waals surface area contributed by atoms with Crippen LogP contribution in [0.2, 0.25) is 0 Å². The van der Waals surface area contributed by atoms with E-state index in [9.17, 15) is 23.4 Å². The standard InChI is InChI=1S/C26H37N3O6S2/c1-16-5-7-17(8-6-16)37(33,34)29-24-28-23-18(13-22(32)27-11-12-35-4)25(2)10-9-21(31)26(3,15-30)20(25)14-19(23)36-24/h5-8,18,20-21,30-31H,9-15H2,1-4H3,(H,27,32)(H,28,29). The number of nitrogens with one attached hydrogen (secondary N) is 2. The number of rotatable bonds is 9. The Morgan fingerprint density at radius 2 is 1.97 bits per heavy atom. The van der Waals surface area contributed by atoms with Crippen LogP contribution in [-0.2, 0) is 26.0 Å². The molecule has 9 nitrogen and oxygen atoms in total. The Kier molecular flexibility index (Phi) is 8.02. The molecule has 2 aliphatic rings. The van der Waals surface area contributed by atoms with Crippen LogP contribution in [0, 0.1) is 23.7 Å². The lowest BCUT2D eigenvalue weighted by Crippen LogP contribution is -2.57. The molecule has 1 saturated carbocycles. The first-order valence-corrected chi connectivity index (χ1v) is 14.9. The molecule has 4 rings (SSSR count). The topological polar surface area (TPSA) is 138 Å². The number of thiazole rings is 1. The smallest absolute Gasteiger partial charge is 0.263 e. The fourth-order valence-electron chi connectivity index (χ4n) is 6.13. The van der Waals surface area contributed by atoms with Gasteiger partial charge in [0.1, 0.15) is 0 Å². The molecule has 37 heavy (non-hydrogen) atoms. The van der Waals surface area contributed by atoms with E-state index in [1.54, 1.807) is 31.4 Å². The number of hydrogen-bond acceptors (Lipinski definition) is 8. The van der Waals surface area contributed by atoms with Crippen molar-refractivity contribution in [3.8, 4) is 0 Å². The summed E-state index contributed by atoms with van der Waals surface area (Å²) in [6.45, 7) is 6.52. The van der Waals surface area contributed by atoms with Crippen LogP contribution in [0.4, 0.5) is 5.13 Å². The Hall–Kier alpha value is -2.05. The van der Waals surface area contributed by atoms with Crippen molar-refractivity contribution in [2.75, 3.05) is 31.6 Å². The number of nitrogens with zero attached hydrogens (tertiary/aromatic N) is 1. The van der Waals surface area contributed by atoms with Crippen LogP contribution in [0.25, 0.3) is 0 Å². The SMILES string of the molecule is COCCNC(=O)CC1c2nc(NS(=O)(=O)c3ccc(C)cc3)sc2CC2C(C)(CO)C(O)CCC12C. The van der Waals surface area contributed by atoms with Crippen molar-refractivity contribution in [2.45, 2.75) is 63.4 Å². The average Bonchev–Trinajstić information content (AvgIpc) is 3.24. The number of aliphatic hydroxyl groups is 2. The minimum atomic E-state index is -3.84. The van der Waals surface area contributed by atoms with Gasteiger partial charge in [-0.15, -0.1) is 11.3 Å². The highest BCUT2D eigenvalue weighted by molar-refractivity contribution is 7.93. The third-order valence-electron chi connectivity index (χ3n) is 8.46. The number of anilines is 1. The summed E-state index contributed by atoms with van der Waals surface area (Å²) < 4.78 is 33.8. The first-order valence-electron chi connectivity index (χ1n) is 12.6. The molecule has 11 heteroatoms. The molecule has 4 N–H and O–H groups in total. The third kappa shape index (κ3) is 5.29. The minimum absolute atomic E-state index is 0.111. The summed E-state index contributed by atoms with van der Waals surface area (Å²) in [5.74, 6) is -0.544. The molecule has 2 aromatic rings. The van der Waals surface area contributed by atoms with Crippen LogP contribution < -0.4 is 10.0 Å². The van der Waals surface area contributed by atoms with Crippen molar-refractivity contribution in [1.82, 2.24) is 10.3 Å². The van der Waals surface area contributed by atoms with E-state index in [1.165, 1.54) is 11.3 Å². The number of sulfonamides is 1. The summed E-state index contributed by atoms with van der Waals surface area (Å²) in [5, 5.41) is 24.4. The Morgan fingerprint density at radius 1 is 1.27 bits per heavy atom. The molecule has 1 aromatic carbocycles. The van der Waals surface area contributed by atoms with Gasteiger partial charge in [0.25, 0.3) is 10.0 Å². The second-order valence-corrected chi connectivity index (χ2v) is 13.6. The number of carbonyl (C=O) groups excluding carboxylic acids is 1. The number of aryl methyl sites for hydroxylation is 1. The molecule has 0 aliphatic heterocycles. The van der Waals surface area contributed by atoms with Crippen molar-refractivity contribution in [1.29, 1.82) is 0 Å². The van der Waals surface area contributed by atoms with Crippen LogP contribution in [0.3, 0.4) is 0 Å². The summed E-state index contributed by atoms with van der Waals surface area (Å²) in [6.07, 6.45) is 1.24. The lowest BCUT2D eigenvalue weighted by Gasteiger charge is -2.58. The molecule has 0 radical (unpaired) electrons. The number of amides is 1. The van der Waals surface area contributed by atoms with Gasteiger partial charge in [0.15, 0.2) is 5.13 Å². The normalized spacial score (nSPS) is 29.3. The summed E-state index contributed by atoms with van der Waals surface area (Å²) in [4.78, 5) is 18.7. The molecular weight excluding hydrogens is 514 g/mol. The van der Waals surface area contributed by atoms with E-state index in [0.717, 1.165) is 16.1 Å². The van der Waals surface area contributed by atoms with Crippen molar-refractivity contribution < 1.29 is 28.2 Å². The van der Waals surface area contributed by atoms with E-state index < -0.39 is 27.0 Å². The van der Waals surface area contributed by atoms with Crippen molar-refractivity contribution in [3.05, 3.63) is 40.4 Å². The van der Waals surface area contributed by atoms with E-state index in [2.05, 4.69) is 17.0 Å². The lowest BCUT2D eigenvalue weighted by molar-refractivity contribution is -0.144. The maximum Gasteiger partial charge on any atom is 0.263 e. The fourth-order valence-corrected chi connectivity index (χ4v) is 8.43. The molecule has 1 heterocycles. The van der Waals surface area contributed by atoms with Gasteiger partial charge >= 0.3 is 0 Å². The van der Waals surface area contributed by atoms with Crippen LogP contribution in [0.15, 0.2) is 29.2 Å². The molecule has 0 saturated heterocycles. The molecule has 1 amide bonds. The molecule has 0 spiro atoms. The fraction of sp³-hybridized carbons (Fsp3) is 0.615. The van der Waals surface area contributed by atoms with Gasteiger partial charge in [0.2, 0.25) is 5.91 Å². The zero-order chi connectivity index (χ0) is 27.0. The van der Waals surface area contributed by atoms with Crippen LogP contribution >= 0.6 is 11.3 Å². The number of methoxy groups -OCH3 is 1. The number of carbonyl (C=O) groups is 1. The monoisotopic (exact) mass is 551 g/mol. The largest absolute Gasteiger partial charge is 0.396 e. The second-order valence-electron chi connectivity index (χ2n) is 10.8. The van der Waals surface area contributed by atoms with Crippen molar-refractivity contribution >= 4 is 32.4 Å². The van der Waals surface area contributed by atoms with Crippen LogP contribution in [0.5, 0.6) is 0 Å². The third-order valence-corrected chi connectivity index (χ3v) is 11.0. The second kappa shape index (κ2) is 10.6. The predicted octanol–water partition coefficient (Wildman–Crippen LogP) is 2.82. The van der Waals surface area contributed by atoms with Gasteiger partial charge in [-0.05, 0) is 49.7 Å². The van der Waals surface area contributed by atoms with Gasteiger partial charge in [-0.25, -0.2) is 13.4 Å². The summed E-state index contributed by atoms with van der Waals surface area (Å²) in [7, 11) is -2.27. The van der Waals surface area contributed by atoms with Gasteiger partial charge in [0, 0.05) is 36.3 Å². The van der Waals surface area contributed by atoms with Gasteiger partial charge in [0.05, 0.1) is 29.9 Å². The highest BCUT2D eigenvalue weighted by atomic mass is 32.2. The van der Waals surface area contributed by atoms with E-state index in [4.69, 9.17) is 9.72 Å². The quantitative estimate of drug-likeness (QED) is 0.352. The molecule has 1 fully saturated rings. The van der Waals surface area contributed by atoms with Crippen molar-refractivity contribution in [3.63, 3.8) is 0 Å². The summed E-state index contributed by atoms with van der Waals surface area (Å²) >= 11 is 1.26. The Morgan fingerprint density at radius 3 is 2.62 bits per heavy atom. The number of aliphatic hydroxyl groups excluding tert-OH is 2. The molecule has 5 unspecified atom stereocenters. The number of hydrogen-bond donors (Lipinski definition) is 4. The van der Waals surface area contributed by atoms with Crippen LogP contribution in [0.1, 0.15) is 55.2 Å². The lowest BCUT2D eigenvalue weighted by atomic mass is 9.47. The molecule has 204 valence electrons. The van der Waals surface area contributed by atoms with Gasteiger partial charge in [-0.1, -0.05) is 31.5 Å². The molecule has 0 bridgehead atoms. The minimum Gasteiger partial charge on any atom is -0.396 e. The van der Waals surface area contributed by atoms with E-state index >= 15 is 0 Å².